The van der Waals surface area contributed by atoms with Crippen LogP contribution in [0.15, 0.2) is 36.8 Å². The van der Waals surface area contributed by atoms with Crippen LogP contribution in [0.25, 0.3) is 22.2 Å². The molecule has 3 aromatic rings. The lowest BCUT2D eigenvalue weighted by Gasteiger charge is -2.03. The van der Waals surface area contributed by atoms with E-state index in [1.165, 1.54) is 7.05 Å². The number of ether oxygens (including phenoxy) is 1. The molecule has 0 saturated carbocycles. The van der Waals surface area contributed by atoms with E-state index >= 15 is 0 Å². The second kappa shape index (κ2) is 6.90. The summed E-state index contributed by atoms with van der Waals surface area (Å²) in [7, 11) is 1.52. The van der Waals surface area contributed by atoms with E-state index < -0.39 is 6.09 Å². The summed E-state index contributed by atoms with van der Waals surface area (Å²) >= 11 is 2.18. The summed E-state index contributed by atoms with van der Waals surface area (Å²) in [5.74, 6) is 0. The zero-order chi connectivity index (χ0) is 16.2. The van der Waals surface area contributed by atoms with Crippen LogP contribution in [0.4, 0.5) is 4.79 Å². The van der Waals surface area contributed by atoms with Gasteiger partial charge in [0.05, 0.1) is 23.8 Å². The molecule has 0 bridgehead atoms. The van der Waals surface area contributed by atoms with Gasteiger partial charge in [-0.1, -0.05) is 0 Å². The van der Waals surface area contributed by atoms with E-state index in [-0.39, 0.29) is 6.61 Å². The predicted octanol–water partition coefficient (Wildman–Crippen LogP) is 2.45. The molecule has 0 spiro atoms. The van der Waals surface area contributed by atoms with Crippen molar-refractivity contribution in [1.29, 1.82) is 0 Å². The second-order valence-electron chi connectivity index (χ2n) is 4.77. The molecule has 0 aliphatic heterocycles. The Morgan fingerprint density at radius 2 is 2.17 bits per heavy atom. The van der Waals surface area contributed by atoms with Crippen LogP contribution in [-0.2, 0) is 11.3 Å². The molecule has 7 nitrogen and oxygen atoms in total. The predicted molar refractivity (Wildman–Crippen MR) is 93.9 cm³/mol. The average Bonchev–Trinajstić information content (AvgIpc) is 3.02. The number of amides is 1. The zero-order valence-electron chi connectivity index (χ0n) is 12.4. The van der Waals surface area contributed by atoms with Crippen molar-refractivity contribution in [2.24, 2.45) is 0 Å². The molecular formula is C15H14IN5O2. The van der Waals surface area contributed by atoms with Crippen LogP contribution in [0.5, 0.6) is 0 Å². The molecule has 0 aliphatic carbocycles. The Labute approximate surface area is 146 Å². The molecule has 8 heteroatoms. The van der Waals surface area contributed by atoms with Crippen molar-refractivity contribution in [1.82, 2.24) is 25.1 Å². The highest BCUT2D eigenvalue weighted by molar-refractivity contribution is 14.1. The van der Waals surface area contributed by atoms with Gasteiger partial charge in [0.2, 0.25) is 0 Å². The lowest BCUT2D eigenvalue weighted by Crippen LogP contribution is -2.21. The van der Waals surface area contributed by atoms with Gasteiger partial charge in [-0.15, -0.1) is 0 Å². The van der Waals surface area contributed by atoms with Gasteiger partial charge >= 0.3 is 6.09 Å². The number of fused-ring (bicyclic) bond motifs is 1. The maximum absolute atomic E-state index is 11.0. The van der Waals surface area contributed by atoms with E-state index in [2.05, 4.69) is 43.0 Å². The Morgan fingerprint density at radius 3 is 3.00 bits per heavy atom. The summed E-state index contributed by atoms with van der Waals surface area (Å²) < 4.78 is 7.60. The minimum atomic E-state index is -0.447. The molecule has 0 radical (unpaired) electrons. The van der Waals surface area contributed by atoms with Crippen LogP contribution in [0.1, 0.15) is 0 Å². The minimum Gasteiger partial charge on any atom is -0.448 e. The van der Waals surface area contributed by atoms with Crippen molar-refractivity contribution in [2.45, 2.75) is 6.54 Å². The molecule has 3 aromatic heterocycles. The van der Waals surface area contributed by atoms with Crippen LogP contribution < -0.4 is 5.32 Å². The molecule has 23 heavy (non-hydrogen) atoms. The molecule has 0 aliphatic rings. The van der Waals surface area contributed by atoms with Crippen molar-refractivity contribution in [2.75, 3.05) is 13.7 Å². The van der Waals surface area contributed by atoms with E-state index in [0.29, 0.717) is 6.54 Å². The number of hydrogen-bond acceptors (Lipinski definition) is 5. The maximum Gasteiger partial charge on any atom is 0.406 e. The number of halogens is 1. The van der Waals surface area contributed by atoms with E-state index in [1.807, 2.05) is 24.4 Å². The van der Waals surface area contributed by atoms with E-state index in [4.69, 9.17) is 4.74 Å². The van der Waals surface area contributed by atoms with E-state index in [1.54, 1.807) is 17.1 Å². The first-order valence-corrected chi connectivity index (χ1v) is 8.03. The Hall–Kier alpha value is -2.23. The number of aromatic nitrogens is 4. The van der Waals surface area contributed by atoms with Gasteiger partial charge in [0.1, 0.15) is 10.3 Å². The molecule has 0 saturated heterocycles. The van der Waals surface area contributed by atoms with E-state index in [0.717, 1.165) is 25.9 Å². The number of carbonyl (C=O) groups is 1. The summed E-state index contributed by atoms with van der Waals surface area (Å²) in [5, 5.41) is 6.67. The topological polar surface area (TPSA) is 81.9 Å². The molecule has 1 N–H and O–H groups in total. The third-order valence-corrected chi connectivity index (χ3v) is 3.83. The third-order valence-electron chi connectivity index (χ3n) is 3.23. The van der Waals surface area contributed by atoms with Crippen LogP contribution in [-0.4, -0.2) is 39.5 Å². The van der Waals surface area contributed by atoms with Gasteiger partial charge in [0.15, 0.2) is 0 Å². The normalized spacial score (nSPS) is 10.7. The number of nitrogens with zero attached hydrogens (tertiary/aromatic N) is 4. The van der Waals surface area contributed by atoms with Crippen molar-refractivity contribution in [3.63, 3.8) is 0 Å². The first kappa shape index (κ1) is 15.7. The summed E-state index contributed by atoms with van der Waals surface area (Å²) in [6.07, 6.45) is 5.01. The number of carbonyl (C=O) groups excluding carboxylic acids is 1. The highest BCUT2D eigenvalue weighted by Crippen LogP contribution is 2.21. The van der Waals surface area contributed by atoms with Gasteiger partial charge in [0.25, 0.3) is 0 Å². The lowest BCUT2D eigenvalue weighted by atomic mass is 10.1. The highest BCUT2D eigenvalue weighted by atomic mass is 127. The van der Waals surface area contributed by atoms with Crippen LogP contribution in [0.2, 0.25) is 0 Å². The SMILES string of the molecule is CNC(=O)OCCn1cc(-c2cnc3ccc(I)nc3c2)cn1. The van der Waals surface area contributed by atoms with Gasteiger partial charge in [-0.3, -0.25) is 9.67 Å². The zero-order valence-corrected chi connectivity index (χ0v) is 14.5. The first-order chi connectivity index (χ1) is 11.2. The molecule has 0 fully saturated rings. The molecule has 118 valence electrons. The van der Waals surface area contributed by atoms with Gasteiger partial charge < -0.3 is 10.1 Å². The molecule has 0 aromatic carbocycles. The maximum atomic E-state index is 11.0. The summed E-state index contributed by atoms with van der Waals surface area (Å²) in [4.78, 5) is 19.9. The smallest absolute Gasteiger partial charge is 0.406 e. The van der Waals surface area contributed by atoms with Crippen LogP contribution in [0, 0.1) is 3.70 Å². The summed E-state index contributed by atoms with van der Waals surface area (Å²) in [5.41, 5.74) is 3.61. The lowest BCUT2D eigenvalue weighted by molar-refractivity contribution is 0.143. The molecular weight excluding hydrogens is 409 g/mol. The largest absolute Gasteiger partial charge is 0.448 e. The van der Waals surface area contributed by atoms with Gasteiger partial charge in [-0.2, -0.15) is 5.10 Å². The molecule has 0 unspecified atom stereocenters. The Balaban J connectivity index is 1.76. The second-order valence-corrected chi connectivity index (χ2v) is 5.88. The van der Waals surface area contributed by atoms with Crippen LogP contribution >= 0.6 is 22.6 Å². The Morgan fingerprint density at radius 1 is 1.30 bits per heavy atom. The average molecular weight is 423 g/mol. The number of alkyl carbamates (subject to hydrolysis) is 1. The fourth-order valence-corrected chi connectivity index (χ4v) is 2.52. The van der Waals surface area contributed by atoms with Gasteiger partial charge in [0, 0.05) is 30.6 Å². The fourth-order valence-electron chi connectivity index (χ4n) is 2.08. The van der Waals surface area contributed by atoms with Crippen molar-refractivity contribution in [3.8, 4) is 11.1 Å². The molecule has 3 heterocycles. The van der Waals surface area contributed by atoms with Crippen LogP contribution in [0.3, 0.4) is 0 Å². The number of pyridine rings is 2. The minimum absolute atomic E-state index is 0.260. The van der Waals surface area contributed by atoms with Gasteiger partial charge in [-0.05, 0) is 40.8 Å². The Kier molecular flexibility index (Phi) is 4.70. The quantitative estimate of drug-likeness (QED) is 0.515. The molecule has 3 rings (SSSR count). The fraction of sp³-hybridized carbons (Fsp3) is 0.200. The molecule has 0 atom stereocenters. The standard InChI is InChI=1S/C15H14IN5O2/c1-17-15(22)23-5-4-21-9-11(8-19-21)10-6-13-12(18-7-10)2-3-14(16)20-13/h2-3,6-9H,4-5H2,1H3,(H,17,22). The summed E-state index contributed by atoms with van der Waals surface area (Å²) in [6.45, 7) is 0.751. The summed E-state index contributed by atoms with van der Waals surface area (Å²) in [6, 6.07) is 5.88. The number of nitrogens with one attached hydrogen (secondary N) is 1. The Bertz CT molecular complexity index is 849. The third kappa shape index (κ3) is 3.76. The van der Waals surface area contributed by atoms with Gasteiger partial charge in [-0.25, -0.2) is 9.78 Å². The monoisotopic (exact) mass is 423 g/mol. The number of rotatable bonds is 4. The van der Waals surface area contributed by atoms with Crippen molar-refractivity contribution >= 4 is 39.7 Å². The van der Waals surface area contributed by atoms with E-state index in [9.17, 15) is 4.79 Å². The first-order valence-electron chi connectivity index (χ1n) is 6.95. The van der Waals surface area contributed by atoms with Crippen molar-refractivity contribution in [3.05, 3.63) is 40.5 Å². The highest BCUT2D eigenvalue weighted by Gasteiger charge is 2.06. The van der Waals surface area contributed by atoms with Crippen molar-refractivity contribution < 1.29 is 9.53 Å². The molecule has 1 amide bonds. The number of hydrogen-bond donors (Lipinski definition) is 1.